The summed E-state index contributed by atoms with van der Waals surface area (Å²) in [7, 11) is 1.61. The second-order valence-electron chi connectivity index (χ2n) is 6.62. The molecule has 29 heavy (non-hydrogen) atoms. The maximum atomic E-state index is 12.6. The first kappa shape index (κ1) is 20.1. The van der Waals surface area contributed by atoms with Crippen LogP contribution in [0.4, 0.5) is 5.69 Å². The molecule has 8 nitrogen and oxygen atoms in total. The Morgan fingerprint density at radius 1 is 1.24 bits per heavy atom. The zero-order chi connectivity index (χ0) is 20.8. The van der Waals surface area contributed by atoms with Crippen molar-refractivity contribution in [2.45, 2.75) is 25.8 Å². The molecule has 1 amide bonds. The van der Waals surface area contributed by atoms with Crippen LogP contribution < -0.4 is 15.8 Å². The van der Waals surface area contributed by atoms with E-state index in [1.165, 1.54) is 0 Å². The average molecular weight is 392 g/mol. The van der Waals surface area contributed by atoms with E-state index in [0.29, 0.717) is 11.4 Å². The number of nitrogens with one attached hydrogen (secondary N) is 3. The lowest BCUT2D eigenvalue weighted by atomic mass is 10.0. The van der Waals surface area contributed by atoms with Crippen LogP contribution >= 0.6 is 0 Å². The molecule has 0 aliphatic heterocycles. The summed E-state index contributed by atoms with van der Waals surface area (Å²) >= 11 is 0. The number of H-pyrrole nitrogens is 1. The lowest BCUT2D eigenvalue weighted by Gasteiger charge is -2.11. The van der Waals surface area contributed by atoms with Gasteiger partial charge in [-0.2, -0.15) is 5.11 Å². The molecule has 1 atom stereocenters. The number of hydrogen-bond donors (Lipinski definition) is 4. The van der Waals surface area contributed by atoms with Crippen molar-refractivity contribution in [3.05, 3.63) is 59.8 Å². The van der Waals surface area contributed by atoms with E-state index in [-0.39, 0.29) is 17.9 Å². The molecule has 5 N–H and O–H groups in total. The molecule has 0 fully saturated rings. The zero-order valence-electron chi connectivity index (χ0n) is 16.4. The SMILES string of the molecule is CCCC(N=NC(=N)N)c1ccc(NC(=O)c2cc3cc(OC)ccc3[nH]2)cc1. The fourth-order valence-electron chi connectivity index (χ4n) is 3.04. The number of rotatable bonds is 7. The Kier molecular flexibility index (Phi) is 6.23. The smallest absolute Gasteiger partial charge is 0.272 e. The fourth-order valence-corrected chi connectivity index (χ4v) is 3.04. The highest BCUT2D eigenvalue weighted by Crippen LogP contribution is 2.25. The number of benzene rings is 2. The van der Waals surface area contributed by atoms with Crippen molar-refractivity contribution in [3.8, 4) is 5.75 Å². The summed E-state index contributed by atoms with van der Waals surface area (Å²) in [6.45, 7) is 2.06. The number of fused-ring (bicyclic) bond motifs is 1. The minimum atomic E-state index is -0.314. The van der Waals surface area contributed by atoms with Crippen molar-refractivity contribution in [3.63, 3.8) is 0 Å². The summed E-state index contributed by atoms with van der Waals surface area (Å²) in [5.74, 6) is 0.197. The highest BCUT2D eigenvalue weighted by atomic mass is 16.5. The van der Waals surface area contributed by atoms with E-state index in [1.54, 1.807) is 13.2 Å². The average Bonchev–Trinajstić information content (AvgIpc) is 3.15. The Morgan fingerprint density at radius 3 is 2.66 bits per heavy atom. The van der Waals surface area contributed by atoms with E-state index in [0.717, 1.165) is 35.1 Å². The Morgan fingerprint density at radius 2 is 2.00 bits per heavy atom. The Labute approximate surface area is 168 Å². The van der Waals surface area contributed by atoms with Gasteiger partial charge in [-0.05, 0) is 48.4 Å². The molecule has 150 valence electrons. The topological polar surface area (TPSA) is 129 Å². The molecule has 0 radical (unpaired) electrons. The van der Waals surface area contributed by atoms with Gasteiger partial charge in [0.25, 0.3) is 5.91 Å². The molecule has 2 aromatic carbocycles. The second-order valence-corrected chi connectivity index (χ2v) is 6.62. The fraction of sp³-hybridized carbons (Fsp3) is 0.238. The maximum absolute atomic E-state index is 12.6. The minimum Gasteiger partial charge on any atom is -0.497 e. The lowest BCUT2D eigenvalue weighted by molar-refractivity contribution is 0.102. The number of guanidine groups is 1. The van der Waals surface area contributed by atoms with E-state index in [4.69, 9.17) is 15.9 Å². The molecule has 1 aromatic heterocycles. The van der Waals surface area contributed by atoms with Crippen LogP contribution in [0.2, 0.25) is 0 Å². The van der Waals surface area contributed by atoms with Gasteiger partial charge in [-0.15, -0.1) is 5.11 Å². The molecule has 0 aliphatic rings. The van der Waals surface area contributed by atoms with Crippen molar-refractivity contribution < 1.29 is 9.53 Å². The summed E-state index contributed by atoms with van der Waals surface area (Å²) in [5.41, 5.74) is 8.22. The highest BCUT2D eigenvalue weighted by molar-refractivity contribution is 6.06. The normalized spacial score (nSPS) is 12.2. The second kappa shape index (κ2) is 9.01. The molecule has 1 heterocycles. The molecule has 8 heteroatoms. The third kappa shape index (κ3) is 4.98. The quantitative estimate of drug-likeness (QED) is 0.266. The largest absolute Gasteiger partial charge is 0.497 e. The van der Waals surface area contributed by atoms with Crippen molar-refractivity contribution in [2.75, 3.05) is 12.4 Å². The zero-order valence-corrected chi connectivity index (χ0v) is 16.4. The van der Waals surface area contributed by atoms with E-state index in [2.05, 4.69) is 27.5 Å². The number of ether oxygens (including phenoxy) is 1. The number of azo groups is 1. The molecule has 0 saturated carbocycles. The molecule has 0 spiro atoms. The summed E-state index contributed by atoms with van der Waals surface area (Å²) in [6, 6.07) is 14.7. The summed E-state index contributed by atoms with van der Waals surface area (Å²) in [6.07, 6.45) is 1.71. The molecule has 0 saturated heterocycles. The monoisotopic (exact) mass is 392 g/mol. The lowest BCUT2D eigenvalue weighted by Crippen LogP contribution is -2.12. The van der Waals surface area contributed by atoms with Gasteiger partial charge in [-0.1, -0.05) is 25.5 Å². The van der Waals surface area contributed by atoms with Crippen LogP contribution in [-0.2, 0) is 0 Å². The maximum Gasteiger partial charge on any atom is 0.272 e. The number of aromatic amines is 1. The molecule has 3 aromatic rings. The molecular weight excluding hydrogens is 368 g/mol. The van der Waals surface area contributed by atoms with Gasteiger partial charge in [0.1, 0.15) is 11.4 Å². The van der Waals surface area contributed by atoms with Crippen LogP contribution in [0.1, 0.15) is 41.9 Å². The van der Waals surface area contributed by atoms with E-state index >= 15 is 0 Å². The van der Waals surface area contributed by atoms with Gasteiger partial charge in [0.05, 0.1) is 13.2 Å². The van der Waals surface area contributed by atoms with Crippen LogP contribution in [0, 0.1) is 5.41 Å². The first-order valence-corrected chi connectivity index (χ1v) is 9.33. The first-order valence-electron chi connectivity index (χ1n) is 9.33. The van der Waals surface area contributed by atoms with E-state index < -0.39 is 0 Å². The number of carbonyl (C=O) groups excluding carboxylic acids is 1. The van der Waals surface area contributed by atoms with Gasteiger partial charge in [0.15, 0.2) is 0 Å². The van der Waals surface area contributed by atoms with Crippen molar-refractivity contribution in [2.24, 2.45) is 16.0 Å². The van der Waals surface area contributed by atoms with Crippen LogP contribution in [0.3, 0.4) is 0 Å². The van der Waals surface area contributed by atoms with Gasteiger partial charge in [0, 0.05) is 16.6 Å². The third-order valence-corrected chi connectivity index (χ3v) is 4.49. The standard InChI is InChI=1S/C21H24N6O2/c1-3-4-18(26-27-21(22)23)13-5-7-15(8-6-13)24-20(28)19-12-14-11-16(29-2)9-10-17(14)25-19/h5-12,18,25H,3-4H2,1-2H3,(H3,22,23)(H,24,28). The Bertz CT molecular complexity index is 1040. The number of carbonyl (C=O) groups is 1. The van der Waals surface area contributed by atoms with Crippen molar-refractivity contribution >= 4 is 28.5 Å². The van der Waals surface area contributed by atoms with Crippen LogP contribution in [0.15, 0.2) is 58.8 Å². The predicted molar refractivity (Wildman–Crippen MR) is 114 cm³/mol. The number of amides is 1. The van der Waals surface area contributed by atoms with Gasteiger partial charge >= 0.3 is 0 Å². The van der Waals surface area contributed by atoms with Crippen molar-refractivity contribution in [1.82, 2.24) is 4.98 Å². The number of hydrogen-bond acceptors (Lipinski definition) is 4. The van der Waals surface area contributed by atoms with Crippen LogP contribution in [-0.4, -0.2) is 24.0 Å². The summed E-state index contributed by atoms with van der Waals surface area (Å²) in [5, 5.41) is 18.8. The molecule has 0 aliphatic carbocycles. The molecule has 1 unspecified atom stereocenters. The van der Waals surface area contributed by atoms with Crippen LogP contribution in [0.5, 0.6) is 5.75 Å². The first-order chi connectivity index (χ1) is 14.0. The van der Waals surface area contributed by atoms with Gasteiger partial charge < -0.3 is 20.8 Å². The van der Waals surface area contributed by atoms with Gasteiger partial charge in [0.2, 0.25) is 5.96 Å². The summed E-state index contributed by atoms with van der Waals surface area (Å²) in [4.78, 5) is 15.7. The predicted octanol–water partition coefficient (Wildman–Crippen LogP) is 4.62. The highest BCUT2D eigenvalue weighted by Gasteiger charge is 2.13. The molecule has 0 bridgehead atoms. The summed E-state index contributed by atoms with van der Waals surface area (Å²) < 4.78 is 5.22. The third-order valence-electron chi connectivity index (χ3n) is 4.49. The number of anilines is 1. The minimum absolute atomic E-state index is 0.169. The molecular formula is C21H24N6O2. The van der Waals surface area contributed by atoms with Gasteiger partial charge in [-0.25, -0.2) is 0 Å². The van der Waals surface area contributed by atoms with Crippen molar-refractivity contribution in [1.29, 1.82) is 5.41 Å². The van der Waals surface area contributed by atoms with Crippen LogP contribution in [0.25, 0.3) is 10.9 Å². The number of methoxy groups -OCH3 is 1. The number of nitrogens with two attached hydrogens (primary N) is 1. The Hall–Kier alpha value is -3.68. The number of nitrogens with zero attached hydrogens (tertiary/aromatic N) is 2. The van der Waals surface area contributed by atoms with Gasteiger partial charge in [-0.3, -0.25) is 10.2 Å². The van der Waals surface area contributed by atoms with E-state index in [9.17, 15) is 4.79 Å². The molecule has 3 rings (SSSR count). The van der Waals surface area contributed by atoms with E-state index in [1.807, 2.05) is 42.5 Å². The Balaban J connectivity index is 1.73. The number of aromatic nitrogens is 1.